The van der Waals surface area contributed by atoms with Crippen LogP contribution in [0.15, 0.2) is 40.2 Å². The maximum Gasteiger partial charge on any atom is 0.294 e. The summed E-state index contributed by atoms with van der Waals surface area (Å²) in [5, 5.41) is 11.2. The molecule has 0 unspecified atom stereocenters. The van der Waals surface area contributed by atoms with E-state index < -0.39 is 27.1 Å². The Morgan fingerprint density at radius 1 is 1.36 bits per heavy atom. The maximum atomic E-state index is 14.6. The number of hydrogen-bond donors (Lipinski definition) is 2. The highest BCUT2D eigenvalue weighted by atomic mass is 35.5. The van der Waals surface area contributed by atoms with E-state index in [9.17, 15) is 27.3 Å². The first kappa shape index (κ1) is 19.0. The molecule has 1 aliphatic heterocycles. The normalized spacial score (nSPS) is 18.8. The van der Waals surface area contributed by atoms with Gasteiger partial charge in [0.15, 0.2) is 0 Å². The highest BCUT2D eigenvalue weighted by Crippen LogP contribution is 2.40. The van der Waals surface area contributed by atoms with Gasteiger partial charge in [0.1, 0.15) is 16.4 Å². The highest BCUT2D eigenvalue weighted by Gasteiger charge is 2.42. The Morgan fingerprint density at radius 3 is 2.75 bits per heavy atom. The molecule has 4 rings (SSSR count). The van der Waals surface area contributed by atoms with Gasteiger partial charge >= 0.3 is 0 Å². The van der Waals surface area contributed by atoms with Crippen LogP contribution in [0, 0.1) is 12.7 Å². The minimum absolute atomic E-state index is 0.0945. The van der Waals surface area contributed by atoms with Crippen molar-refractivity contribution in [2.75, 3.05) is 0 Å². The fourth-order valence-corrected chi connectivity index (χ4v) is 4.41. The lowest BCUT2D eigenvalue weighted by Gasteiger charge is -2.25. The van der Waals surface area contributed by atoms with Gasteiger partial charge in [0.2, 0.25) is 0 Å². The smallest absolute Gasteiger partial charge is 0.294 e. The second kappa shape index (κ2) is 6.08. The van der Waals surface area contributed by atoms with Crippen LogP contribution in [-0.2, 0) is 28.7 Å². The molecule has 10 heteroatoms. The van der Waals surface area contributed by atoms with Crippen molar-refractivity contribution in [2.24, 2.45) is 0 Å². The van der Waals surface area contributed by atoms with Crippen molar-refractivity contribution in [3.8, 4) is 0 Å². The molecule has 0 fully saturated rings. The number of pyridine rings is 2. The molecule has 1 atom stereocenters. The summed E-state index contributed by atoms with van der Waals surface area (Å²) >= 11 is 5.94. The molecule has 28 heavy (non-hydrogen) atoms. The highest BCUT2D eigenvalue weighted by molar-refractivity contribution is 7.85. The van der Waals surface area contributed by atoms with E-state index >= 15 is 0 Å². The molecule has 146 valence electrons. The Morgan fingerprint density at radius 2 is 2.07 bits per heavy atom. The first-order valence-electron chi connectivity index (χ1n) is 8.19. The van der Waals surface area contributed by atoms with Crippen molar-refractivity contribution in [3.63, 3.8) is 0 Å². The van der Waals surface area contributed by atoms with Crippen LogP contribution < -0.4 is 5.56 Å². The van der Waals surface area contributed by atoms with Gasteiger partial charge in [-0.2, -0.15) is 8.42 Å². The summed E-state index contributed by atoms with van der Waals surface area (Å²) in [5.41, 5.74) is -1.07. The van der Waals surface area contributed by atoms with Crippen molar-refractivity contribution >= 4 is 32.8 Å². The molecule has 0 spiro atoms. The minimum atomic E-state index is -4.45. The largest absolute Gasteiger partial charge is 0.383 e. The van der Waals surface area contributed by atoms with E-state index in [0.29, 0.717) is 11.1 Å². The average molecular weight is 425 g/mol. The molecule has 1 aromatic carbocycles. The van der Waals surface area contributed by atoms with Crippen molar-refractivity contribution in [3.05, 3.63) is 68.3 Å². The van der Waals surface area contributed by atoms with Gasteiger partial charge in [-0.3, -0.25) is 14.3 Å². The van der Waals surface area contributed by atoms with E-state index in [1.54, 1.807) is 6.92 Å². The molecule has 0 saturated heterocycles. The van der Waals surface area contributed by atoms with Gasteiger partial charge in [-0.15, -0.1) is 0 Å². The Kier molecular flexibility index (Phi) is 4.13. The lowest BCUT2D eigenvalue weighted by molar-refractivity contribution is 0.0261. The van der Waals surface area contributed by atoms with E-state index in [0.717, 1.165) is 6.20 Å². The van der Waals surface area contributed by atoms with Crippen LogP contribution in [0.3, 0.4) is 0 Å². The molecule has 0 bridgehead atoms. The fourth-order valence-electron chi connectivity index (χ4n) is 3.68. The standard InChI is InChI=1S/C18H14ClFN2O5S/c1-9-2-3-11(28(25,26)27)4-10(9)6-18(24)8-22-16-14(5-12(19)17(22)23)21-7-13(20)15(16)18/h2-5,7,24H,6,8H2,1H3,(H,25,26,27)/t18-/m0/s1. The SMILES string of the molecule is Cc1ccc(S(=O)(=O)O)cc1C[C@]1(O)Cn2c(=O)c(Cl)cc3ncc(F)c1c32. The molecule has 0 amide bonds. The number of aromatic nitrogens is 2. The van der Waals surface area contributed by atoms with Gasteiger partial charge in [0.05, 0.1) is 28.7 Å². The number of hydrogen-bond acceptors (Lipinski definition) is 5. The zero-order valence-electron chi connectivity index (χ0n) is 14.5. The Bertz CT molecular complexity index is 1320. The lowest BCUT2D eigenvalue weighted by atomic mass is 9.87. The summed E-state index contributed by atoms with van der Waals surface area (Å²) < 4.78 is 48.0. The van der Waals surface area contributed by atoms with Gasteiger partial charge in [-0.1, -0.05) is 17.7 Å². The van der Waals surface area contributed by atoms with Crippen LogP contribution in [0.2, 0.25) is 5.02 Å². The Labute approximate surface area is 163 Å². The van der Waals surface area contributed by atoms with E-state index in [1.807, 2.05) is 0 Å². The molecule has 2 aromatic heterocycles. The molecule has 0 radical (unpaired) electrons. The van der Waals surface area contributed by atoms with Crippen molar-refractivity contribution in [1.29, 1.82) is 0 Å². The van der Waals surface area contributed by atoms with Gasteiger partial charge in [0.25, 0.3) is 15.7 Å². The van der Waals surface area contributed by atoms with E-state index in [4.69, 9.17) is 11.6 Å². The molecule has 3 aromatic rings. The number of nitrogens with zero attached hydrogens (tertiary/aromatic N) is 2. The lowest BCUT2D eigenvalue weighted by Crippen LogP contribution is -2.32. The van der Waals surface area contributed by atoms with E-state index in [1.165, 1.54) is 28.8 Å². The third-order valence-corrected chi connectivity index (χ3v) is 6.12. The third-order valence-electron chi connectivity index (χ3n) is 5.00. The number of aryl methyl sites for hydroxylation is 1. The quantitative estimate of drug-likeness (QED) is 0.624. The van der Waals surface area contributed by atoms with Gasteiger partial charge in [0, 0.05) is 12.0 Å². The summed E-state index contributed by atoms with van der Waals surface area (Å²) in [4.78, 5) is 16.0. The van der Waals surface area contributed by atoms with Crippen LogP contribution in [0.5, 0.6) is 0 Å². The van der Waals surface area contributed by atoms with E-state index in [-0.39, 0.29) is 39.5 Å². The summed E-state index contributed by atoms with van der Waals surface area (Å²) in [6, 6.07) is 5.24. The Hall–Kier alpha value is -2.33. The molecular formula is C18H14ClFN2O5S. The number of halogens is 2. The fraction of sp³-hybridized carbons (Fsp3) is 0.222. The minimum Gasteiger partial charge on any atom is -0.383 e. The van der Waals surface area contributed by atoms with Crippen LogP contribution in [0.1, 0.15) is 16.7 Å². The van der Waals surface area contributed by atoms with Crippen LogP contribution in [0.4, 0.5) is 4.39 Å². The first-order chi connectivity index (χ1) is 13.0. The molecular weight excluding hydrogens is 411 g/mol. The summed E-state index contributed by atoms with van der Waals surface area (Å²) in [7, 11) is -4.45. The number of benzene rings is 1. The molecule has 2 N–H and O–H groups in total. The first-order valence-corrected chi connectivity index (χ1v) is 10.0. The maximum absolute atomic E-state index is 14.6. The van der Waals surface area contributed by atoms with Gasteiger partial charge in [-0.25, -0.2) is 4.39 Å². The average Bonchev–Trinajstić information content (AvgIpc) is 2.91. The van der Waals surface area contributed by atoms with E-state index in [2.05, 4.69) is 4.98 Å². The van der Waals surface area contributed by atoms with Crippen LogP contribution in [-0.4, -0.2) is 27.6 Å². The summed E-state index contributed by atoms with van der Waals surface area (Å²) in [5.74, 6) is -0.786. The van der Waals surface area contributed by atoms with Crippen LogP contribution in [0.25, 0.3) is 11.0 Å². The number of rotatable bonds is 3. The second-order valence-corrected chi connectivity index (χ2v) is 8.70. The topological polar surface area (TPSA) is 109 Å². The van der Waals surface area contributed by atoms with Crippen molar-refractivity contribution in [1.82, 2.24) is 9.55 Å². The molecule has 1 aliphatic rings. The summed E-state index contributed by atoms with van der Waals surface area (Å²) in [6.45, 7) is 1.42. The predicted molar refractivity (Wildman–Crippen MR) is 99.6 cm³/mol. The van der Waals surface area contributed by atoms with Crippen molar-refractivity contribution in [2.45, 2.75) is 30.4 Å². The molecule has 0 saturated carbocycles. The Balaban J connectivity index is 1.91. The molecule has 3 heterocycles. The molecule has 0 aliphatic carbocycles. The molecule has 7 nitrogen and oxygen atoms in total. The third kappa shape index (κ3) is 2.82. The van der Waals surface area contributed by atoms with Crippen LogP contribution >= 0.6 is 11.6 Å². The number of aliphatic hydroxyl groups is 1. The predicted octanol–water partition coefficient (Wildman–Crippen LogP) is 2.19. The second-order valence-electron chi connectivity index (χ2n) is 6.87. The van der Waals surface area contributed by atoms with Gasteiger partial charge < -0.3 is 9.67 Å². The van der Waals surface area contributed by atoms with Crippen molar-refractivity contribution < 1.29 is 22.5 Å². The van der Waals surface area contributed by atoms with Gasteiger partial charge in [-0.05, 0) is 36.2 Å². The summed E-state index contributed by atoms with van der Waals surface area (Å²) in [6.07, 6.45) is 0.761. The zero-order valence-corrected chi connectivity index (χ0v) is 16.1. The monoisotopic (exact) mass is 424 g/mol. The zero-order chi connectivity index (χ0) is 20.4.